The quantitative estimate of drug-likeness (QED) is 0.653. The third kappa shape index (κ3) is 6.43. The van der Waals surface area contributed by atoms with Gasteiger partial charge in [0.25, 0.3) is 0 Å². The van der Waals surface area contributed by atoms with E-state index in [1.165, 1.54) is 0 Å². The molecule has 5 N–H and O–H groups in total. The SMILES string of the molecule is C[C@H](N)C(=O)Nc1ccc(NC(=O)NCC2CCCO2)cc1.Cl. The average Bonchev–Trinajstić information content (AvgIpc) is 3.00. The number of rotatable bonds is 5. The Hall–Kier alpha value is -1.83. The minimum atomic E-state index is -0.568. The van der Waals surface area contributed by atoms with E-state index in [9.17, 15) is 9.59 Å². The van der Waals surface area contributed by atoms with Crippen LogP contribution in [0.4, 0.5) is 16.2 Å². The maximum absolute atomic E-state index is 11.8. The summed E-state index contributed by atoms with van der Waals surface area (Å²) in [5, 5.41) is 8.18. The Morgan fingerprint density at radius 3 is 2.39 bits per heavy atom. The molecule has 0 radical (unpaired) electrons. The van der Waals surface area contributed by atoms with Crippen molar-refractivity contribution in [1.82, 2.24) is 5.32 Å². The van der Waals surface area contributed by atoms with Crippen molar-refractivity contribution in [3.8, 4) is 0 Å². The molecule has 2 rings (SSSR count). The fourth-order valence-electron chi connectivity index (χ4n) is 2.08. The first kappa shape index (κ1) is 19.2. The highest BCUT2D eigenvalue weighted by molar-refractivity contribution is 5.95. The molecule has 0 saturated carbocycles. The molecular weight excluding hydrogens is 320 g/mol. The molecule has 23 heavy (non-hydrogen) atoms. The van der Waals surface area contributed by atoms with Crippen LogP contribution < -0.4 is 21.7 Å². The molecule has 1 fully saturated rings. The molecule has 1 unspecified atom stereocenters. The van der Waals surface area contributed by atoms with E-state index in [4.69, 9.17) is 10.5 Å². The number of urea groups is 1. The van der Waals surface area contributed by atoms with Gasteiger partial charge in [-0.15, -0.1) is 12.4 Å². The lowest BCUT2D eigenvalue weighted by molar-refractivity contribution is -0.117. The molecule has 3 amide bonds. The van der Waals surface area contributed by atoms with Crippen LogP contribution >= 0.6 is 12.4 Å². The molecule has 1 aromatic carbocycles. The van der Waals surface area contributed by atoms with Crippen LogP contribution in [0.1, 0.15) is 19.8 Å². The first-order valence-electron chi connectivity index (χ1n) is 7.37. The van der Waals surface area contributed by atoms with Gasteiger partial charge in [0.1, 0.15) is 0 Å². The van der Waals surface area contributed by atoms with Gasteiger partial charge in [-0.2, -0.15) is 0 Å². The molecule has 1 saturated heterocycles. The van der Waals surface area contributed by atoms with Gasteiger partial charge >= 0.3 is 6.03 Å². The van der Waals surface area contributed by atoms with E-state index in [1.807, 2.05) is 0 Å². The van der Waals surface area contributed by atoms with Crippen molar-refractivity contribution in [2.45, 2.75) is 31.9 Å². The molecule has 8 heteroatoms. The number of benzene rings is 1. The maximum Gasteiger partial charge on any atom is 0.319 e. The summed E-state index contributed by atoms with van der Waals surface area (Å²) in [4.78, 5) is 23.2. The van der Waals surface area contributed by atoms with E-state index in [0.717, 1.165) is 19.4 Å². The average molecular weight is 343 g/mol. The molecule has 128 valence electrons. The number of amides is 3. The zero-order valence-electron chi connectivity index (χ0n) is 13.0. The van der Waals surface area contributed by atoms with Gasteiger partial charge in [0.05, 0.1) is 12.1 Å². The first-order chi connectivity index (χ1) is 10.5. The monoisotopic (exact) mass is 342 g/mol. The number of carbonyl (C=O) groups excluding carboxylic acids is 2. The van der Waals surface area contributed by atoms with Gasteiger partial charge in [0.2, 0.25) is 5.91 Å². The van der Waals surface area contributed by atoms with Crippen LogP contribution in [0, 0.1) is 0 Å². The Morgan fingerprint density at radius 1 is 1.26 bits per heavy atom. The Morgan fingerprint density at radius 2 is 1.87 bits per heavy atom. The van der Waals surface area contributed by atoms with Gasteiger partial charge < -0.3 is 26.4 Å². The van der Waals surface area contributed by atoms with Crippen LogP contribution in [0.5, 0.6) is 0 Å². The van der Waals surface area contributed by atoms with Crippen molar-refractivity contribution in [2.24, 2.45) is 5.73 Å². The number of nitrogens with one attached hydrogen (secondary N) is 3. The lowest BCUT2D eigenvalue weighted by atomic mass is 10.2. The lowest BCUT2D eigenvalue weighted by Crippen LogP contribution is -2.35. The Labute approximate surface area is 141 Å². The van der Waals surface area contributed by atoms with E-state index in [2.05, 4.69) is 16.0 Å². The largest absolute Gasteiger partial charge is 0.376 e. The predicted octanol–water partition coefficient (Wildman–Crippen LogP) is 1.69. The topological polar surface area (TPSA) is 105 Å². The lowest BCUT2D eigenvalue weighted by Gasteiger charge is -2.12. The summed E-state index contributed by atoms with van der Waals surface area (Å²) in [6.07, 6.45) is 2.14. The van der Waals surface area contributed by atoms with Gasteiger partial charge in [0.15, 0.2) is 0 Å². The van der Waals surface area contributed by atoms with Gasteiger partial charge in [0, 0.05) is 24.5 Å². The van der Waals surface area contributed by atoms with Crippen LogP contribution in [0.15, 0.2) is 24.3 Å². The van der Waals surface area contributed by atoms with Crippen molar-refractivity contribution < 1.29 is 14.3 Å². The van der Waals surface area contributed by atoms with Crippen molar-refractivity contribution in [3.05, 3.63) is 24.3 Å². The maximum atomic E-state index is 11.8. The predicted molar refractivity (Wildman–Crippen MR) is 92.0 cm³/mol. The van der Waals surface area contributed by atoms with E-state index >= 15 is 0 Å². The third-order valence-corrected chi connectivity index (χ3v) is 3.34. The zero-order chi connectivity index (χ0) is 15.9. The molecule has 1 aliphatic rings. The number of halogens is 1. The second-order valence-corrected chi connectivity index (χ2v) is 5.33. The summed E-state index contributed by atoms with van der Waals surface area (Å²) in [5.41, 5.74) is 6.75. The van der Waals surface area contributed by atoms with Crippen LogP contribution in [0.3, 0.4) is 0 Å². The summed E-state index contributed by atoms with van der Waals surface area (Å²) in [6, 6.07) is 5.99. The number of nitrogens with two attached hydrogens (primary N) is 1. The number of anilines is 2. The van der Waals surface area contributed by atoms with E-state index in [0.29, 0.717) is 17.9 Å². The smallest absolute Gasteiger partial charge is 0.319 e. The van der Waals surface area contributed by atoms with E-state index < -0.39 is 6.04 Å². The minimum Gasteiger partial charge on any atom is -0.376 e. The Bertz CT molecular complexity index is 516. The molecule has 0 spiro atoms. The molecule has 0 aliphatic carbocycles. The van der Waals surface area contributed by atoms with Crippen LogP contribution in [-0.4, -0.2) is 37.2 Å². The second-order valence-electron chi connectivity index (χ2n) is 5.33. The molecular formula is C15H23ClN4O3. The van der Waals surface area contributed by atoms with Crippen LogP contribution in [0.2, 0.25) is 0 Å². The fraction of sp³-hybridized carbons (Fsp3) is 0.467. The summed E-state index contributed by atoms with van der Waals surface area (Å²) in [5.74, 6) is -0.255. The van der Waals surface area contributed by atoms with Crippen molar-refractivity contribution >= 4 is 35.7 Å². The second kappa shape index (κ2) is 9.34. The van der Waals surface area contributed by atoms with Crippen molar-refractivity contribution in [3.63, 3.8) is 0 Å². The highest BCUT2D eigenvalue weighted by Crippen LogP contribution is 2.14. The van der Waals surface area contributed by atoms with Crippen molar-refractivity contribution in [2.75, 3.05) is 23.8 Å². The normalized spacial score (nSPS) is 17.7. The summed E-state index contributed by atoms with van der Waals surface area (Å²) in [6.45, 7) is 2.89. The van der Waals surface area contributed by atoms with Gasteiger partial charge in [-0.25, -0.2) is 4.79 Å². The summed E-state index contributed by atoms with van der Waals surface area (Å²) in [7, 11) is 0. The Balaban J connectivity index is 0.00000264. The fourth-order valence-corrected chi connectivity index (χ4v) is 2.08. The molecule has 0 aromatic heterocycles. The molecule has 2 atom stereocenters. The molecule has 7 nitrogen and oxygen atoms in total. The Kier molecular flexibility index (Phi) is 7.80. The molecule has 1 aromatic rings. The van der Waals surface area contributed by atoms with E-state index in [1.54, 1.807) is 31.2 Å². The molecule has 1 heterocycles. The third-order valence-electron chi connectivity index (χ3n) is 3.34. The van der Waals surface area contributed by atoms with Gasteiger partial charge in [-0.3, -0.25) is 4.79 Å². The number of hydrogen-bond donors (Lipinski definition) is 4. The standard InChI is InChI=1S/C15H22N4O3.ClH/c1-10(16)14(20)18-11-4-6-12(7-5-11)19-15(21)17-9-13-3-2-8-22-13;/h4-7,10,13H,2-3,8-9,16H2,1H3,(H,18,20)(H2,17,19,21);1H/t10-,13?;/m0./s1. The van der Waals surface area contributed by atoms with E-state index in [-0.39, 0.29) is 30.4 Å². The van der Waals surface area contributed by atoms with Crippen LogP contribution in [-0.2, 0) is 9.53 Å². The number of hydrogen-bond acceptors (Lipinski definition) is 4. The molecule has 0 bridgehead atoms. The minimum absolute atomic E-state index is 0. The van der Waals surface area contributed by atoms with Crippen LogP contribution in [0.25, 0.3) is 0 Å². The molecule has 1 aliphatic heterocycles. The van der Waals surface area contributed by atoms with Gasteiger partial charge in [-0.1, -0.05) is 0 Å². The number of carbonyl (C=O) groups is 2. The summed E-state index contributed by atoms with van der Waals surface area (Å²) >= 11 is 0. The zero-order valence-corrected chi connectivity index (χ0v) is 13.8. The number of ether oxygens (including phenoxy) is 1. The highest BCUT2D eigenvalue weighted by atomic mass is 35.5. The van der Waals surface area contributed by atoms with Crippen molar-refractivity contribution in [1.29, 1.82) is 0 Å². The summed E-state index contributed by atoms with van der Waals surface area (Å²) < 4.78 is 5.43. The first-order valence-corrected chi connectivity index (χ1v) is 7.37. The van der Waals surface area contributed by atoms with Gasteiger partial charge in [-0.05, 0) is 44.0 Å². The highest BCUT2D eigenvalue weighted by Gasteiger charge is 2.16.